The molecule has 0 aromatic heterocycles. The van der Waals surface area contributed by atoms with E-state index in [1.807, 2.05) is 74.2 Å². The Hall–Kier alpha value is -2.66. The number of methoxy groups -OCH3 is 1. The average molecular weight is 471 g/mol. The van der Waals surface area contributed by atoms with Crippen molar-refractivity contribution in [3.63, 3.8) is 0 Å². The molecule has 2 aromatic carbocycles. The topological polar surface area (TPSA) is 49.9 Å². The first-order valence-corrected chi connectivity index (χ1v) is 12.7. The molecule has 0 saturated carbocycles. The molecule has 0 radical (unpaired) electrons. The number of carbonyl (C=O) groups is 2. The second-order valence-electron chi connectivity index (χ2n) is 7.70. The lowest BCUT2D eigenvalue weighted by molar-refractivity contribution is -0.140. The number of ether oxygens (including phenoxy) is 1. The Morgan fingerprint density at radius 2 is 1.35 bits per heavy atom. The summed E-state index contributed by atoms with van der Waals surface area (Å²) >= 11 is 0. The van der Waals surface area contributed by atoms with E-state index < -0.39 is 0 Å². The molecule has 0 bridgehead atoms. The maximum Gasteiger partial charge on any atom is 0.305 e. The molecule has 5 nitrogen and oxygen atoms in total. The van der Waals surface area contributed by atoms with Crippen LogP contribution in [0, 0.1) is 0 Å². The van der Waals surface area contributed by atoms with Crippen molar-refractivity contribution in [3.8, 4) is 0 Å². The van der Waals surface area contributed by atoms with Gasteiger partial charge in [0, 0.05) is 38.2 Å². The second-order valence-corrected chi connectivity index (χ2v) is 7.70. The minimum atomic E-state index is -0.180. The highest BCUT2D eigenvalue weighted by Crippen LogP contribution is 2.15. The number of hydrogen-bond acceptors (Lipinski definition) is 4. The zero-order valence-electron chi connectivity index (χ0n) is 22.3. The second kappa shape index (κ2) is 20.9. The molecule has 0 spiro atoms. The molecule has 1 amide bonds. The fourth-order valence-electron chi connectivity index (χ4n) is 3.25. The SMILES string of the molecule is CC.CCC.CCC(=O)N(CCN(CCCC(=O)OC)CCc1ccccc1)c1ccccc1. The van der Waals surface area contributed by atoms with E-state index in [9.17, 15) is 9.59 Å². The molecule has 0 aliphatic rings. The Kier molecular flexibility index (Phi) is 19.3. The maximum absolute atomic E-state index is 12.5. The summed E-state index contributed by atoms with van der Waals surface area (Å²) in [6.07, 6.45) is 3.82. The molecule has 190 valence electrons. The van der Waals surface area contributed by atoms with Gasteiger partial charge in [-0.3, -0.25) is 9.59 Å². The van der Waals surface area contributed by atoms with Gasteiger partial charge < -0.3 is 14.5 Å². The van der Waals surface area contributed by atoms with Crippen LogP contribution in [0.25, 0.3) is 0 Å². The number of benzene rings is 2. The number of carbonyl (C=O) groups excluding carboxylic acids is 2. The average Bonchev–Trinajstić information content (AvgIpc) is 2.89. The van der Waals surface area contributed by atoms with Crippen molar-refractivity contribution in [2.45, 2.75) is 66.7 Å². The van der Waals surface area contributed by atoms with E-state index in [0.29, 0.717) is 19.4 Å². The van der Waals surface area contributed by atoms with E-state index in [2.05, 4.69) is 30.9 Å². The third kappa shape index (κ3) is 13.8. The summed E-state index contributed by atoms with van der Waals surface area (Å²) in [6, 6.07) is 20.2. The summed E-state index contributed by atoms with van der Waals surface area (Å²) < 4.78 is 4.75. The van der Waals surface area contributed by atoms with Crippen molar-refractivity contribution in [1.29, 1.82) is 0 Å². The molecular formula is C29H46N2O3. The number of esters is 1. The monoisotopic (exact) mass is 470 g/mol. The van der Waals surface area contributed by atoms with Crippen molar-refractivity contribution in [2.75, 3.05) is 38.2 Å². The van der Waals surface area contributed by atoms with E-state index in [-0.39, 0.29) is 11.9 Å². The minimum Gasteiger partial charge on any atom is -0.469 e. The van der Waals surface area contributed by atoms with Crippen molar-refractivity contribution < 1.29 is 14.3 Å². The number of nitrogens with zero attached hydrogens (tertiary/aromatic N) is 2. The predicted octanol–water partition coefficient (Wildman–Crippen LogP) is 6.37. The van der Waals surface area contributed by atoms with Crippen LogP contribution in [0.2, 0.25) is 0 Å². The molecule has 2 aromatic rings. The smallest absolute Gasteiger partial charge is 0.305 e. The van der Waals surface area contributed by atoms with Crippen molar-refractivity contribution in [3.05, 3.63) is 66.2 Å². The van der Waals surface area contributed by atoms with Gasteiger partial charge >= 0.3 is 5.97 Å². The summed E-state index contributed by atoms with van der Waals surface area (Å²) in [5.74, 6) is -0.0612. The molecule has 0 unspecified atom stereocenters. The van der Waals surface area contributed by atoms with Crippen LogP contribution in [0.15, 0.2) is 60.7 Å². The first-order valence-electron chi connectivity index (χ1n) is 12.7. The van der Waals surface area contributed by atoms with Gasteiger partial charge in [-0.15, -0.1) is 0 Å². The van der Waals surface area contributed by atoms with Crippen LogP contribution in [0.5, 0.6) is 0 Å². The molecule has 2 rings (SSSR count). The Morgan fingerprint density at radius 3 is 1.88 bits per heavy atom. The third-order valence-electron chi connectivity index (χ3n) is 4.95. The van der Waals surface area contributed by atoms with Crippen molar-refractivity contribution in [2.24, 2.45) is 0 Å². The number of rotatable bonds is 12. The van der Waals surface area contributed by atoms with E-state index in [1.54, 1.807) is 0 Å². The molecule has 0 aliphatic heterocycles. The molecular weight excluding hydrogens is 424 g/mol. The van der Waals surface area contributed by atoms with Gasteiger partial charge in [0.1, 0.15) is 0 Å². The van der Waals surface area contributed by atoms with E-state index >= 15 is 0 Å². The molecule has 0 saturated heterocycles. The largest absolute Gasteiger partial charge is 0.469 e. The van der Waals surface area contributed by atoms with Crippen LogP contribution in [-0.2, 0) is 20.7 Å². The third-order valence-corrected chi connectivity index (χ3v) is 4.95. The highest BCUT2D eigenvalue weighted by atomic mass is 16.5. The summed E-state index contributed by atoms with van der Waals surface area (Å²) in [6.45, 7) is 13.2. The molecule has 34 heavy (non-hydrogen) atoms. The Balaban J connectivity index is 0.00000201. The summed E-state index contributed by atoms with van der Waals surface area (Å²) in [4.78, 5) is 28.1. The van der Waals surface area contributed by atoms with Gasteiger partial charge in [-0.2, -0.15) is 0 Å². The molecule has 5 heteroatoms. The molecule has 0 heterocycles. The summed E-state index contributed by atoms with van der Waals surface area (Å²) in [7, 11) is 1.42. The van der Waals surface area contributed by atoms with Crippen LogP contribution < -0.4 is 4.90 Å². The fraction of sp³-hybridized carbons (Fsp3) is 0.517. The van der Waals surface area contributed by atoms with Gasteiger partial charge in [-0.05, 0) is 37.1 Å². The van der Waals surface area contributed by atoms with Crippen LogP contribution in [0.3, 0.4) is 0 Å². The Bertz CT molecular complexity index is 750. The quantitative estimate of drug-likeness (QED) is 0.338. The van der Waals surface area contributed by atoms with Gasteiger partial charge in [-0.25, -0.2) is 0 Å². The lowest BCUT2D eigenvalue weighted by Gasteiger charge is -2.28. The normalized spacial score (nSPS) is 9.85. The fourth-order valence-corrected chi connectivity index (χ4v) is 3.25. The lowest BCUT2D eigenvalue weighted by atomic mass is 10.1. The Morgan fingerprint density at radius 1 is 0.794 bits per heavy atom. The maximum atomic E-state index is 12.5. The van der Waals surface area contributed by atoms with Gasteiger partial charge in [0.2, 0.25) is 5.91 Å². The van der Waals surface area contributed by atoms with Gasteiger partial charge in [0.05, 0.1) is 7.11 Å². The van der Waals surface area contributed by atoms with Gasteiger partial charge in [-0.1, -0.05) is 89.6 Å². The number of hydrogen-bond donors (Lipinski definition) is 0. The lowest BCUT2D eigenvalue weighted by Crippen LogP contribution is -2.39. The molecule has 0 N–H and O–H groups in total. The predicted molar refractivity (Wildman–Crippen MR) is 144 cm³/mol. The van der Waals surface area contributed by atoms with Gasteiger partial charge in [0.15, 0.2) is 0 Å². The summed E-state index contributed by atoms with van der Waals surface area (Å²) in [5.41, 5.74) is 2.21. The van der Waals surface area contributed by atoms with Crippen LogP contribution in [0.1, 0.15) is 65.9 Å². The van der Waals surface area contributed by atoms with E-state index in [1.165, 1.54) is 19.1 Å². The highest BCUT2D eigenvalue weighted by Gasteiger charge is 2.16. The number of para-hydroxylation sites is 1. The van der Waals surface area contributed by atoms with E-state index in [4.69, 9.17) is 4.74 Å². The van der Waals surface area contributed by atoms with Gasteiger partial charge in [0.25, 0.3) is 0 Å². The van der Waals surface area contributed by atoms with Crippen LogP contribution >= 0.6 is 0 Å². The van der Waals surface area contributed by atoms with Crippen LogP contribution in [-0.4, -0.2) is 50.1 Å². The number of anilines is 1. The summed E-state index contributed by atoms with van der Waals surface area (Å²) in [5, 5.41) is 0. The van der Waals surface area contributed by atoms with Crippen LogP contribution in [0.4, 0.5) is 5.69 Å². The zero-order valence-corrected chi connectivity index (χ0v) is 22.3. The van der Waals surface area contributed by atoms with Crippen molar-refractivity contribution in [1.82, 2.24) is 4.90 Å². The zero-order chi connectivity index (χ0) is 25.6. The Labute approximate surface area is 208 Å². The van der Waals surface area contributed by atoms with Crippen molar-refractivity contribution >= 4 is 17.6 Å². The molecule has 0 fully saturated rings. The molecule has 0 atom stereocenters. The standard InChI is InChI=1S/C24H32N2O3.C3H8.C2H6/c1-3-23(27)26(22-13-8-5-9-14-22)20-19-25(17-10-15-24(28)29-2)18-16-21-11-6-4-7-12-21;1-3-2;1-2/h4-9,11-14H,3,10,15-20H2,1-2H3;3H2,1-2H3;1-2H3. The minimum absolute atomic E-state index is 0.119. The first kappa shape index (κ1) is 31.3. The first-order chi connectivity index (χ1) is 16.5. The number of amides is 1. The highest BCUT2D eigenvalue weighted by molar-refractivity contribution is 5.93. The van der Waals surface area contributed by atoms with E-state index in [0.717, 1.165) is 38.2 Å². The molecule has 0 aliphatic carbocycles.